The molecule has 4 aromatic rings. The maximum atomic E-state index is 5.97. The first-order valence-electron chi connectivity index (χ1n) is 19.4. The topological polar surface area (TPSA) is 43.2 Å². The molecule has 4 aromatic carbocycles. The van der Waals surface area contributed by atoms with E-state index in [4.69, 9.17) is 9.47 Å². The van der Waals surface area contributed by atoms with Crippen LogP contribution in [-0.4, -0.2) is 25.6 Å². The summed E-state index contributed by atoms with van der Waals surface area (Å²) in [5.74, 6) is 1.86. The summed E-state index contributed by atoms with van der Waals surface area (Å²) in [6.07, 6.45) is 23.6. The van der Waals surface area contributed by atoms with Gasteiger partial charge in [-0.1, -0.05) is 102 Å². The van der Waals surface area contributed by atoms with E-state index >= 15 is 0 Å². The Morgan fingerprint density at radius 1 is 0.400 bits per heavy atom. The monoisotopic (exact) mass is 672 g/mol. The fourth-order valence-corrected chi connectivity index (χ4v) is 5.90. The highest BCUT2D eigenvalue weighted by molar-refractivity contribution is 5.82. The molecule has 0 fully saturated rings. The molecule has 0 spiro atoms. The number of hydrogen-bond donors (Lipinski definition) is 0. The minimum atomic E-state index is 0.774. The number of aliphatic imine (C=N–C) groups is 2. The van der Waals surface area contributed by atoms with Crippen LogP contribution in [0.1, 0.15) is 126 Å². The molecule has 0 bridgehead atoms. The second kappa shape index (κ2) is 24.1. The molecule has 266 valence electrons. The first-order chi connectivity index (χ1) is 24.7. The summed E-state index contributed by atoms with van der Waals surface area (Å²) in [5.41, 5.74) is 6.95. The van der Waals surface area contributed by atoms with Crippen molar-refractivity contribution in [2.45, 2.75) is 117 Å². The molecule has 0 unspecified atom stereocenters. The van der Waals surface area contributed by atoms with Gasteiger partial charge in [-0.15, -0.1) is 0 Å². The third-order valence-electron chi connectivity index (χ3n) is 9.07. The van der Waals surface area contributed by atoms with Crippen LogP contribution >= 0.6 is 0 Å². The molecule has 4 rings (SSSR count). The van der Waals surface area contributed by atoms with Crippen molar-refractivity contribution >= 4 is 23.8 Å². The molecule has 4 nitrogen and oxygen atoms in total. The normalized spacial score (nSPS) is 11.5. The SMILES string of the molecule is CCCCCc1ccc(N=Cc2ccc(OCCCCCCCCCCOc3ccc(C=Nc4ccc(CCCCC)cc4)cc3)cc2)cc1. The predicted octanol–water partition coefficient (Wildman–Crippen LogP) is 13.2. The van der Waals surface area contributed by atoms with E-state index < -0.39 is 0 Å². The molecule has 0 heterocycles. The molecule has 0 amide bonds. The number of benzene rings is 4. The third kappa shape index (κ3) is 16.0. The van der Waals surface area contributed by atoms with Gasteiger partial charge in [0.25, 0.3) is 0 Å². The van der Waals surface area contributed by atoms with E-state index in [0.717, 1.165) is 72.9 Å². The molecule has 0 aromatic heterocycles. The predicted molar refractivity (Wildman–Crippen MR) is 215 cm³/mol. The van der Waals surface area contributed by atoms with Gasteiger partial charge in [-0.2, -0.15) is 0 Å². The zero-order valence-corrected chi connectivity index (χ0v) is 30.8. The molecule has 0 N–H and O–H groups in total. The van der Waals surface area contributed by atoms with Crippen molar-refractivity contribution in [2.24, 2.45) is 9.98 Å². The summed E-state index contributed by atoms with van der Waals surface area (Å²) >= 11 is 0. The summed E-state index contributed by atoms with van der Waals surface area (Å²) in [6, 6.07) is 33.7. The second-order valence-electron chi connectivity index (χ2n) is 13.4. The molecule has 0 saturated heterocycles. The lowest BCUT2D eigenvalue weighted by Crippen LogP contribution is -1.98. The Labute approximate surface area is 303 Å². The molecular formula is C46H60N2O2. The Morgan fingerprint density at radius 3 is 1.12 bits per heavy atom. The van der Waals surface area contributed by atoms with Crippen molar-refractivity contribution in [3.8, 4) is 11.5 Å². The van der Waals surface area contributed by atoms with Gasteiger partial charge in [-0.3, -0.25) is 9.98 Å². The lowest BCUT2D eigenvalue weighted by Gasteiger charge is -2.07. The van der Waals surface area contributed by atoms with E-state index in [-0.39, 0.29) is 0 Å². The van der Waals surface area contributed by atoms with Gasteiger partial charge in [0, 0.05) is 12.4 Å². The largest absolute Gasteiger partial charge is 0.494 e. The number of rotatable bonds is 25. The highest BCUT2D eigenvalue weighted by atomic mass is 16.5. The summed E-state index contributed by atoms with van der Waals surface area (Å²) in [4.78, 5) is 9.27. The van der Waals surface area contributed by atoms with Crippen molar-refractivity contribution in [1.29, 1.82) is 0 Å². The highest BCUT2D eigenvalue weighted by Crippen LogP contribution is 2.19. The van der Waals surface area contributed by atoms with Crippen LogP contribution in [0.25, 0.3) is 0 Å². The number of hydrogen-bond acceptors (Lipinski definition) is 4. The van der Waals surface area contributed by atoms with Crippen molar-refractivity contribution in [3.05, 3.63) is 119 Å². The Kier molecular flexibility index (Phi) is 18.6. The van der Waals surface area contributed by atoms with Crippen LogP contribution in [-0.2, 0) is 12.8 Å². The summed E-state index contributed by atoms with van der Waals surface area (Å²) in [7, 11) is 0. The quantitative estimate of drug-likeness (QED) is 0.0519. The van der Waals surface area contributed by atoms with Gasteiger partial charge < -0.3 is 9.47 Å². The maximum Gasteiger partial charge on any atom is 0.119 e. The summed E-state index contributed by atoms with van der Waals surface area (Å²) in [5, 5.41) is 0. The van der Waals surface area contributed by atoms with Gasteiger partial charge >= 0.3 is 0 Å². The van der Waals surface area contributed by atoms with E-state index in [1.807, 2.05) is 36.7 Å². The molecule has 50 heavy (non-hydrogen) atoms. The highest BCUT2D eigenvalue weighted by Gasteiger charge is 2.00. The summed E-state index contributed by atoms with van der Waals surface area (Å²) in [6.45, 7) is 6.04. The molecule has 0 saturated carbocycles. The standard InChI is InChI=1S/C46H60N2O2/c1-3-5-13-17-39-19-27-43(28-20-39)47-37-41-23-31-45(32-24-41)49-35-15-11-9-7-8-10-12-16-36-50-46-33-25-42(26-34-46)38-48-44-29-21-40(22-30-44)18-14-6-4-2/h19-34,37-38H,3-18,35-36H2,1-2H3. The molecular weight excluding hydrogens is 613 g/mol. The second-order valence-corrected chi connectivity index (χ2v) is 13.4. The van der Waals surface area contributed by atoms with E-state index in [0.29, 0.717) is 0 Å². The number of aryl methyl sites for hydroxylation is 2. The lowest BCUT2D eigenvalue weighted by molar-refractivity contribution is 0.301. The van der Waals surface area contributed by atoms with E-state index in [1.165, 1.54) is 88.2 Å². The molecule has 4 heteroatoms. The van der Waals surface area contributed by atoms with Crippen molar-refractivity contribution in [3.63, 3.8) is 0 Å². The van der Waals surface area contributed by atoms with Crippen LogP contribution in [0.3, 0.4) is 0 Å². The molecule has 0 aliphatic heterocycles. The number of nitrogens with zero attached hydrogens (tertiary/aromatic N) is 2. The fraction of sp³-hybridized carbons (Fsp3) is 0.435. The zero-order valence-electron chi connectivity index (χ0n) is 30.8. The van der Waals surface area contributed by atoms with Gasteiger partial charge in [-0.25, -0.2) is 0 Å². The van der Waals surface area contributed by atoms with Crippen LogP contribution < -0.4 is 9.47 Å². The Bertz CT molecular complexity index is 1370. The maximum absolute atomic E-state index is 5.97. The smallest absolute Gasteiger partial charge is 0.119 e. The summed E-state index contributed by atoms with van der Waals surface area (Å²) < 4.78 is 11.9. The van der Waals surface area contributed by atoms with E-state index in [1.54, 1.807) is 0 Å². The first-order valence-corrected chi connectivity index (χ1v) is 19.4. The third-order valence-corrected chi connectivity index (χ3v) is 9.07. The van der Waals surface area contributed by atoms with Crippen LogP contribution in [0.15, 0.2) is 107 Å². The average molecular weight is 673 g/mol. The molecule has 0 atom stereocenters. The van der Waals surface area contributed by atoms with Crippen molar-refractivity contribution in [2.75, 3.05) is 13.2 Å². The van der Waals surface area contributed by atoms with E-state index in [9.17, 15) is 0 Å². The fourth-order valence-electron chi connectivity index (χ4n) is 5.90. The van der Waals surface area contributed by atoms with Crippen molar-refractivity contribution in [1.82, 2.24) is 0 Å². The number of ether oxygens (including phenoxy) is 2. The molecule has 0 aliphatic carbocycles. The van der Waals surface area contributed by atoms with Crippen LogP contribution in [0.2, 0.25) is 0 Å². The molecule has 0 radical (unpaired) electrons. The van der Waals surface area contributed by atoms with Gasteiger partial charge in [0.2, 0.25) is 0 Å². The van der Waals surface area contributed by atoms with E-state index in [2.05, 4.69) is 96.6 Å². The minimum Gasteiger partial charge on any atom is -0.494 e. The van der Waals surface area contributed by atoms with Gasteiger partial charge in [0.05, 0.1) is 24.6 Å². The zero-order chi connectivity index (χ0) is 34.9. The lowest BCUT2D eigenvalue weighted by atomic mass is 10.1. The van der Waals surface area contributed by atoms with Crippen molar-refractivity contribution < 1.29 is 9.47 Å². The Hall–Kier alpha value is -4.18. The Balaban J connectivity index is 0.969. The Morgan fingerprint density at radius 2 is 0.760 bits per heavy atom. The molecule has 0 aliphatic rings. The van der Waals surface area contributed by atoms with Gasteiger partial charge in [0.15, 0.2) is 0 Å². The first kappa shape index (κ1) is 38.6. The van der Waals surface area contributed by atoms with Gasteiger partial charge in [-0.05, 0) is 134 Å². The van der Waals surface area contributed by atoms with Crippen LogP contribution in [0, 0.1) is 0 Å². The van der Waals surface area contributed by atoms with Crippen LogP contribution in [0.4, 0.5) is 11.4 Å². The van der Waals surface area contributed by atoms with Gasteiger partial charge in [0.1, 0.15) is 11.5 Å². The minimum absolute atomic E-state index is 0.774. The van der Waals surface area contributed by atoms with Crippen LogP contribution in [0.5, 0.6) is 11.5 Å². The number of unbranched alkanes of at least 4 members (excludes halogenated alkanes) is 11. The average Bonchev–Trinajstić information content (AvgIpc) is 3.16.